The molecule has 19 heavy (non-hydrogen) atoms. The van der Waals surface area contributed by atoms with Gasteiger partial charge in [0.1, 0.15) is 17.1 Å². The molecule has 0 saturated carbocycles. The first kappa shape index (κ1) is 12.9. The summed E-state index contributed by atoms with van der Waals surface area (Å²) in [5.41, 5.74) is 0.356. The number of fused-ring (bicyclic) bond motifs is 1. The van der Waals surface area contributed by atoms with E-state index in [0.29, 0.717) is 28.7 Å². The van der Waals surface area contributed by atoms with Crippen LogP contribution < -0.4 is 9.47 Å². The van der Waals surface area contributed by atoms with Crippen molar-refractivity contribution in [3.63, 3.8) is 0 Å². The molecular formula is C15H18O3S. The Labute approximate surface area is 117 Å². The first-order valence-electron chi connectivity index (χ1n) is 6.66. The van der Waals surface area contributed by atoms with E-state index in [1.54, 1.807) is 13.2 Å². The van der Waals surface area contributed by atoms with Crippen molar-refractivity contribution in [2.45, 2.75) is 37.0 Å². The predicted octanol–water partition coefficient (Wildman–Crippen LogP) is 3.31. The molecule has 3 rings (SSSR count). The Kier molecular flexibility index (Phi) is 3.21. The molecule has 0 amide bonds. The zero-order valence-electron chi connectivity index (χ0n) is 11.3. The number of carbonyl (C=O) groups excluding carboxylic acids is 1. The summed E-state index contributed by atoms with van der Waals surface area (Å²) in [5, 5.41) is 0.362. The van der Waals surface area contributed by atoms with Crippen LogP contribution in [0.2, 0.25) is 0 Å². The van der Waals surface area contributed by atoms with Gasteiger partial charge in [-0.15, -0.1) is 0 Å². The van der Waals surface area contributed by atoms with Gasteiger partial charge < -0.3 is 9.47 Å². The first-order valence-corrected chi connectivity index (χ1v) is 7.71. The summed E-state index contributed by atoms with van der Waals surface area (Å²) in [6.45, 7) is 2.17. The van der Waals surface area contributed by atoms with Gasteiger partial charge in [0.05, 0.1) is 19.1 Å². The summed E-state index contributed by atoms with van der Waals surface area (Å²) in [6.07, 6.45) is 2.58. The highest BCUT2D eigenvalue weighted by Gasteiger charge is 2.46. The van der Waals surface area contributed by atoms with Crippen molar-refractivity contribution in [1.29, 1.82) is 0 Å². The average molecular weight is 278 g/mol. The van der Waals surface area contributed by atoms with Crippen LogP contribution >= 0.6 is 11.8 Å². The number of rotatable bonds is 1. The summed E-state index contributed by atoms with van der Waals surface area (Å²) in [4.78, 5) is 12.4. The Balaban J connectivity index is 1.98. The molecule has 1 fully saturated rings. The molecule has 2 heterocycles. The van der Waals surface area contributed by atoms with Gasteiger partial charge in [-0.2, -0.15) is 11.8 Å². The molecule has 1 spiro atoms. The number of Topliss-reactive ketones (excluding diaryl/α,β-unsaturated/α-hetero) is 1. The van der Waals surface area contributed by atoms with E-state index in [4.69, 9.17) is 9.47 Å². The average Bonchev–Trinajstić information content (AvgIpc) is 2.42. The SMILES string of the molecule is COc1ccc2c(c1)C(=O)CC1(CCCSC1C)O2. The van der Waals surface area contributed by atoms with Gasteiger partial charge >= 0.3 is 0 Å². The van der Waals surface area contributed by atoms with Crippen LogP contribution in [0.5, 0.6) is 11.5 Å². The molecule has 1 saturated heterocycles. The third-order valence-corrected chi connectivity index (χ3v) is 5.57. The molecule has 2 unspecified atom stereocenters. The third kappa shape index (κ3) is 2.12. The quantitative estimate of drug-likeness (QED) is 0.789. The lowest BCUT2D eigenvalue weighted by molar-refractivity contribution is 0.0328. The van der Waals surface area contributed by atoms with E-state index in [2.05, 4.69) is 6.92 Å². The molecule has 3 nitrogen and oxygen atoms in total. The van der Waals surface area contributed by atoms with Crippen LogP contribution in [-0.4, -0.2) is 29.5 Å². The maximum atomic E-state index is 12.4. The van der Waals surface area contributed by atoms with Crippen LogP contribution in [0, 0.1) is 0 Å². The molecule has 2 aliphatic rings. The standard InChI is InChI=1S/C15H18O3S/c1-10-15(6-3-7-19-10)9-13(16)12-8-11(17-2)4-5-14(12)18-15/h4-5,8,10H,3,6-7,9H2,1-2H3. The molecule has 102 valence electrons. The fourth-order valence-corrected chi connectivity index (χ4v) is 4.14. The molecule has 0 aliphatic carbocycles. The normalized spacial score (nSPS) is 29.8. The van der Waals surface area contributed by atoms with Gasteiger partial charge in [-0.05, 0) is 43.7 Å². The highest BCUT2D eigenvalue weighted by Crippen LogP contribution is 2.45. The fourth-order valence-electron chi connectivity index (χ4n) is 2.92. The summed E-state index contributed by atoms with van der Waals surface area (Å²) >= 11 is 1.91. The molecule has 0 radical (unpaired) electrons. The van der Waals surface area contributed by atoms with Crippen LogP contribution in [-0.2, 0) is 0 Å². The summed E-state index contributed by atoms with van der Waals surface area (Å²) < 4.78 is 11.4. The van der Waals surface area contributed by atoms with Gasteiger partial charge in [-0.1, -0.05) is 0 Å². The van der Waals surface area contributed by atoms with Gasteiger partial charge in [-0.3, -0.25) is 4.79 Å². The number of thioether (sulfide) groups is 1. The molecule has 0 bridgehead atoms. The highest BCUT2D eigenvalue weighted by atomic mass is 32.2. The van der Waals surface area contributed by atoms with E-state index in [0.717, 1.165) is 18.6 Å². The van der Waals surface area contributed by atoms with E-state index < -0.39 is 0 Å². The number of ketones is 1. The number of methoxy groups -OCH3 is 1. The van der Waals surface area contributed by atoms with Gasteiger partial charge in [-0.25, -0.2) is 0 Å². The largest absolute Gasteiger partial charge is 0.497 e. The van der Waals surface area contributed by atoms with Crippen LogP contribution in [0.3, 0.4) is 0 Å². The van der Waals surface area contributed by atoms with E-state index in [9.17, 15) is 4.79 Å². The molecule has 2 atom stereocenters. The lowest BCUT2D eigenvalue weighted by Gasteiger charge is -2.44. The molecule has 4 heteroatoms. The number of hydrogen-bond donors (Lipinski definition) is 0. The predicted molar refractivity (Wildman–Crippen MR) is 76.5 cm³/mol. The van der Waals surface area contributed by atoms with Crippen molar-refractivity contribution < 1.29 is 14.3 Å². The number of benzene rings is 1. The second kappa shape index (κ2) is 4.75. The van der Waals surface area contributed by atoms with Crippen molar-refractivity contribution >= 4 is 17.5 Å². The van der Waals surface area contributed by atoms with Gasteiger partial charge in [0, 0.05) is 5.25 Å². The lowest BCUT2D eigenvalue weighted by Crippen LogP contribution is -2.51. The van der Waals surface area contributed by atoms with Crippen molar-refractivity contribution in [3.8, 4) is 11.5 Å². The zero-order chi connectivity index (χ0) is 13.5. The van der Waals surface area contributed by atoms with Crippen molar-refractivity contribution in [1.82, 2.24) is 0 Å². The van der Waals surface area contributed by atoms with Crippen LogP contribution in [0.15, 0.2) is 18.2 Å². The smallest absolute Gasteiger partial charge is 0.170 e. The molecule has 1 aromatic carbocycles. The molecule has 0 N–H and O–H groups in total. The van der Waals surface area contributed by atoms with E-state index in [1.807, 2.05) is 23.9 Å². The van der Waals surface area contributed by atoms with E-state index >= 15 is 0 Å². The number of hydrogen-bond acceptors (Lipinski definition) is 4. The molecule has 1 aromatic rings. The zero-order valence-corrected chi connectivity index (χ0v) is 12.1. The minimum Gasteiger partial charge on any atom is -0.497 e. The summed E-state index contributed by atoms with van der Waals surface area (Å²) in [6, 6.07) is 5.50. The van der Waals surface area contributed by atoms with Gasteiger partial charge in [0.15, 0.2) is 5.78 Å². The maximum Gasteiger partial charge on any atom is 0.170 e. The van der Waals surface area contributed by atoms with Crippen LogP contribution in [0.25, 0.3) is 0 Å². The van der Waals surface area contributed by atoms with Crippen molar-refractivity contribution in [3.05, 3.63) is 23.8 Å². The van der Waals surface area contributed by atoms with Crippen molar-refractivity contribution in [2.75, 3.05) is 12.9 Å². The van der Waals surface area contributed by atoms with Gasteiger partial charge in [0.2, 0.25) is 0 Å². The van der Waals surface area contributed by atoms with Crippen molar-refractivity contribution in [2.24, 2.45) is 0 Å². The number of carbonyl (C=O) groups is 1. The molecule has 2 aliphatic heterocycles. The second-order valence-corrected chi connectivity index (χ2v) is 6.69. The third-order valence-electron chi connectivity index (χ3n) is 4.11. The Bertz CT molecular complexity index is 514. The minimum absolute atomic E-state index is 0.175. The highest BCUT2D eigenvalue weighted by molar-refractivity contribution is 8.00. The topological polar surface area (TPSA) is 35.5 Å². The Morgan fingerprint density at radius 1 is 1.47 bits per heavy atom. The van der Waals surface area contributed by atoms with Gasteiger partial charge in [0.25, 0.3) is 0 Å². The lowest BCUT2D eigenvalue weighted by atomic mass is 9.83. The van der Waals surface area contributed by atoms with E-state index in [-0.39, 0.29) is 11.4 Å². The first-order chi connectivity index (χ1) is 9.14. The summed E-state index contributed by atoms with van der Waals surface area (Å²) in [7, 11) is 1.61. The van der Waals surface area contributed by atoms with Crippen LogP contribution in [0.1, 0.15) is 36.5 Å². The Morgan fingerprint density at radius 2 is 2.32 bits per heavy atom. The maximum absolute atomic E-state index is 12.4. The minimum atomic E-state index is -0.304. The summed E-state index contributed by atoms with van der Waals surface area (Å²) in [5.74, 6) is 2.76. The fraction of sp³-hybridized carbons (Fsp3) is 0.533. The second-order valence-electron chi connectivity index (χ2n) is 5.25. The molecular weight excluding hydrogens is 260 g/mol. The Morgan fingerprint density at radius 3 is 3.05 bits per heavy atom. The molecule has 0 aromatic heterocycles. The Hall–Kier alpha value is -1.16. The number of ether oxygens (including phenoxy) is 2. The monoisotopic (exact) mass is 278 g/mol. The van der Waals surface area contributed by atoms with Crippen LogP contribution in [0.4, 0.5) is 0 Å². The van der Waals surface area contributed by atoms with E-state index in [1.165, 1.54) is 0 Å².